The van der Waals surface area contributed by atoms with Gasteiger partial charge in [-0.25, -0.2) is 0 Å². The van der Waals surface area contributed by atoms with Crippen LogP contribution in [0.25, 0.3) is 0 Å². The van der Waals surface area contributed by atoms with Crippen LogP contribution in [0.4, 0.5) is 0 Å². The van der Waals surface area contributed by atoms with Crippen LogP contribution in [-0.2, 0) is 14.3 Å². The van der Waals surface area contributed by atoms with Gasteiger partial charge in [-0.1, -0.05) is 290 Å². The van der Waals surface area contributed by atoms with Crippen molar-refractivity contribution in [2.45, 2.75) is 347 Å². The second-order valence-corrected chi connectivity index (χ2v) is 20.1. The van der Waals surface area contributed by atoms with E-state index in [1.165, 1.54) is 244 Å². The molecule has 0 saturated carbocycles. The van der Waals surface area contributed by atoms with Crippen molar-refractivity contribution in [3.05, 3.63) is 0 Å². The molecule has 1 amide bonds. The molecule has 376 valence electrons. The first-order valence-electron chi connectivity index (χ1n) is 28.8. The summed E-state index contributed by atoms with van der Waals surface area (Å²) in [4.78, 5) is 26.2. The smallest absolute Gasteiger partial charge is 0.306 e. The zero-order valence-corrected chi connectivity index (χ0v) is 43.0. The molecule has 0 fully saturated rings. The molecule has 0 aromatic heterocycles. The summed E-state index contributed by atoms with van der Waals surface area (Å²) >= 11 is 0. The van der Waals surface area contributed by atoms with E-state index >= 15 is 0 Å². The van der Waals surface area contributed by atoms with Gasteiger partial charge in [0.25, 0.3) is 0 Å². The third-order valence-electron chi connectivity index (χ3n) is 13.7. The second-order valence-electron chi connectivity index (χ2n) is 20.1. The van der Waals surface area contributed by atoms with Crippen molar-refractivity contribution < 1.29 is 24.5 Å². The lowest BCUT2D eigenvalue weighted by Crippen LogP contribution is -2.46. The minimum Gasteiger partial charge on any atom is -0.462 e. The van der Waals surface area contributed by atoms with Crippen LogP contribution in [0.1, 0.15) is 329 Å². The number of carbonyl (C=O) groups is 2. The van der Waals surface area contributed by atoms with Crippen LogP contribution in [0.5, 0.6) is 0 Å². The predicted octanol–water partition coefficient (Wildman–Crippen LogP) is 17.5. The highest BCUT2D eigenvalue weighted by Gasteiger charge is 2.24. The molecule has 3 atom stereocenters. The Morgan fingerprint density at radius 2 is 0.667 bits per heavy atom. The first-order chi connectivity index (χ1) is 31.0. The van der Waals surface area contributed by atoms with E-state index in [1.54, 1.807) is 0 Å². The average Bonchev–Trinajstić information content (AvgIpc) is 3.28. The summed E-state index contributed by atoms with van der Waals surface area (Å²) in [7, 11) is 0. The summed E-state index contributed by atoms with van der Waals surface area (Å²) in [6.07, 6.45) is 57.4. The van der Waals surface area contributed by atoms with Crippen molar-refractivity contribution in [3.63, 3.8) is 0 Å². The number of esters is 1. The summed E-state index contributed by atoms with van der Waals surface area (Å²) in [6, 6.07) is -0.693. The highest BCUT2D eigenvalue weighted by molar-refractivity contribution is 5.77. The number of hydrogen-bond donors (Lipinski definition) is 3. The number of unbranched alkanes of at least 4 members (excludes halogenated alkanes) is 41. The third kappa shape index (κ3) is 47.2. The Labute approximate surface area is 394 Å². The van der Waals surface area contributed by atoms with Gasteiger partial charge in [-0.05, 0) is 25.7 Å². The zero-order valence-electron chi connectivity index (χ0n) is 43.0. The van der Waals surface area contributed by atoms with Gasteiger partial charge in [-0.3, -0.25) is 9.59 Å². The Kier molecular flexibility index (Phi) is 50.9. The van der Waals surface area contributed by atoms with Gasteiger partial charge in [0.05, 0.1) is 25.2 Å². The molecular weight excluding hydrogens is 779 g/mol. The van der Waals surface area contributed by atoms with E-state index in [-0.39, 0.29) is 24.9 Å². The Hall–Kier alpha value is -1.14. The standard InChI is InChI=1S/C57H113NO5/c1-4-7-10-13-16-19-22-25-27-28-29-32-35-38-41-44-47-50-57(62)63-53(48-45-42-39-36-33-30-24-21-18-15-12-9-6-3)51-56(61)58-54(52-59)55(60)49-46-43-40-37-34-31-26-23-20-17-14-11-8-5-2/h53-55,59-60H,4-52H2,1-3H3,(H,58,61). The maximum atomic E-state index is 13.2. The molecule has 6 nitrogen and oxygen atoms in total. The van der Waals surface area contributed by atoms with Gasteiger partial charge in [0.15, 0.2) is 0 Å². The van der Waals surface area contributed by atoms with Crippen LogP contribution in [-0.4, -0.2) is 46.9 Å². The summed E-state index contributed by atoms with van der Waals surface area (Å²) in [6.45, 7) is 6.53. The molecule has 0 aromatic rings. The van der Waals surface area contributed by atoms with Crippen LogP contribution in [0.3, 0.4) is 0 Å². The molecule has 0 heterocycles. The maximum absolute atomic E-state index is 13.2. The molecule has 0 aliphatic carbocycles. The van der Waals surface area contributed by atoms with E-state index in [1.807, 2.05) is 0 Å². The SMILES string of the molecule is CCCCCCCCCCCCCCCCCCCC(=O)OC(CCCCCCCCCCCCCCC)CC(=O)NC(CO)C(O)CCCCCCCCCCCCCCCC. The minimum atomic E-state index is -0.780. The summed E-state index contributed by atoms with van der Waals surface area (Å²) in [5, 5.41) is 23.9. The maximum Gasteiger partial charge on any atom is 0.306 e. The topological polar surface area (TPSA) is 95.9 Å². The Morgan fingerprint density at radius 3 is 0.968 bits per heavy atom. The van der Waals surface area contributed by atoms with E-state index in [9.17, 15) is 19.8 Å². The number of ether oxygens (including phenoxy) is 1. The average molecular weight is 893 g/mol. The second kappa shape index (κ2) is 51.8. The van der Waals surface area contributed by atoms with Gasteiger partial charge >= 0.3 is 5.97 Å². The van der Waals surface area contributed by atoms with Crippen molar-refractivity contribution in [1.29, 1.82) is 0 Å². The molecule has 0 spiro atoms. The van der Waals surface area contributed by atoms with Crippen molar-refractivity contribution in [2.75, 3.05) is 6.61 Å². The first-order valence-corrected chi connectivity index (χ1v) is 28.8. The number of rotatable bonds is 53. The molecule has 0 bridgehead atoms. The van der Waals surface area contributed by atoms with Crippen LogP contribution in [0, 0.1) is 0 Å². The Balaban J connectivity index is 4.46. The lowest BCUT2D eigenvalue weighted by Gasteiger charge is -2.24. The van der Waals surface area contributed by atoms with E-state index < -0.39 is 18.2 Å². The molecule has 0 aromatic carbocycles. The third-order valence-corrected chi connectivity index (χ3v) is 13.7. The van der Waals surface area contributed by atoms with Gasteiger partial charge in [-0.15, -0.1) is 0 Å². The molecule has 3 N–H and O–H groups in total. The van der Waals surface area contributed by atoms with Crippen molar-refractivity contribution in [3.8, 4) is 0 Å². The Morgan fingerprint density at radius 1 is 0.397 bits per heavy atom. The van der Waals surface area contributed by atoms with Crippen molar-refractivity contribution >= 4 is 11.9 Å². The van der Waals surface area contributed by atoms with E-state index in [0.29, 0.717) is 19.3 Å². The monoisotopic (exact) mass is 892 g/mol. The molecule has 6 heteroatoms. The lowest BCUT2D eigenvalue weighted by atomic mass is 10.0. The Bertz CT molecular complexity index is 913. The van der Waals surface area contributed by atoms with Crippen LogP contribution < -0.4 is 5.32 Å². The molecule has 0 rings (SSSR count). The highest BCUT2D eigenvalue weighted by atomic mass is 16.5. The fourth-order valence-corrected chi connectivity index (χ4v) is 9.32. The molecule has 0 saturated heterocycles. The van der Waals surface area contributed by atoms with E-state index in [4.69, 9.17) is 4.74 Å². The number of aliphatic hydroxyl groups is 2. The number of nitrogens with one attached hydrogen (secondary N) is 1. The highest BCUT2D eigenvalue weighted by Crippen LogP contribution is 2.19. The summed E-state index contributed by atoms with van der Waals surface area (Å²) in [5.74, 6) is -0.445. The zero-order chi connectivity index (χ0) is 45.9. The van der Waals surface area contributed by atoms with E-state index in [0.717, 1.165) is 38.5 Å². The molecule has 0 radical (unpaired) electrons. The van der Waals surface area contributed by atoms with Crippen LogP contribution in [0.15, 0.2) is 0 Å². The molecule has 0 aliphatic rings. The van der Waals surface area contributed by atoms with Crippen LogP contribution in [0.2, 0.25) is 0 Å². The fourth-order valence-electron chi connectivity index (χ4n) is 9.32. The molecule has 0 aliphatic heterocycles. The number of aliphatic hydroxyl groups excluding tert-OH is 2. The van der Waals surface area contributed by atoms with Crippen LogP contribution >= 0.6 is 0 Å². The summed E-state index contributed by atoms with van der Waals surface area (Å²) < 4.78 is 5.96. The molecule has 63 heavy (non-hydrogen) atoms. The summed E-state index contributed by atoms with van der Waals surface area (Å²) in [5.41, 5.74) is 0. The van der Waals surface area contributed by atoms with Crippen molar-refractivity contribution in [1.82, 2.24) is 5.32 Å². The van der Waals surface area contributed by atoms with Crippen molar-refractivity contribution in [2.24, 2.45) is 0 Å². The quantitative estimate of drug-likeness (QED) is 0.0418. The number of hydrogen-bond acceptors (Lipinski definition) is 5. The molecule has 3 unspecified atom stereocenters. The normalized spacial score (nSPS) is 13.0. The predicted molar refractivity (Wildman–Crippen MR) is 274 cm³/mol. The number of carbonyl (C=O) groups excluding carboxylic acids is 2. The van der Waals surface area contributed by atoms with Gasteiger partial charge in [-0.2, -0.15) is 0 Å². The lowest BCUT2D eigenvalue weighted by molar-refractivity contribution is -0.151. The van der Waals surface area contributed by atoms with Gasteiger partial charge in [0.1, 0.15) is 6.10 Å². The first kappa shape index (κ1) is 61.9. The van der Waals surface area contributed by atoms with E-state index in [2.05, 4.69) is 26.1 Å². The fraction of sp³-hybridized carbons (Fsp3) is 0.965. The molecular formula is C57H113NO5. The van der Waals surface area contributed by atoms with Gasteiger partial charge < -0.3 is 20.3 Å². The minimum absolute atomic E-state index is 0.0884. The number of amides is 1. The van der Waals surface area contributed by atoms with Gasteiger partial charge in [0.2, 0.25) is 5.91 Å². The van der Waals surface area contributed by atoms with Gasteiger partial charge in [0, 0.05) is 6.42 Å². The largest absolute Gasteiger partial charge is 0.462 e.